The minimum absolute atomic E-state index is 0.0247. The second kappa shape index (κ2) is 9.23. The Morgan fingerprint density at radius 1 is 1.04 bits per heavy atom. The van der Waals surface area contributed by atoms with E-state index in [2.05, 4.69) is 30.1 Å². The van der Waals surface area contributed by atoms with Crippen LogP contribution in [0.15, 0.2) is 48.5 Å². The molecule has 0 spiro atoms. The number of nitrogens with one attached hydrogen (secondary N) is 1. The van der Waals surface area contributed by atoms with Gasteiger partial charge in [0.25, 0.3) is 5.91 Å². The van der Waals surface area contributed by atoms with Crippen molar-refractivity contribution in [1.82, 2.24) is 10.2 Å². The van der Waals surface area contributed by atoms with Gasteiger partial charge in [-0.2, -0.15) is 0 Å². The van der Waals surface area contributed by atoms with Gasteiger partial charge in [-0.05, 0) is 48.8 Å². The van der Waals surface area contributed by atoms with Crippen LogP contribution in [0.2, 0.25) is 0 Å². The highest BCUT2D eigenvalue weighted by Gasteiger charge is 2.07. The smallest absolute Gasteiger partial charge is 0.258 e. The number of amides is 1. The third-order valence-corrected chi connectivity index (χ3v) is 4.00. The number of ether oxygens (including phenoxy) is 1. The van der Waals surface area contributed by atoms with E-state index in [4.69, 9.17) is 4.74 Å². The second-order valence-electron chi connectivity index (χ2n) is 6.80. The van der Waals surface area contributed by atoms with Crippen molar-refractivity contribution in [3.8, 4) is 5.75 Å². The first kappa shape index (κ1) is 19.0. The normalized spacial score (nSPS) is 11.0. The summed E-state index contributed by atoms with van der Waals surface area (Å²) in [6.45, 7) is 5.69. The molecule has 4 nitrogen and oxygen atoms in total. The minimum Gasteiger partial charge on any atom is -0.484 e. The van der Waals surface area contributed by atoms with Crippen molar-refractivity contribution in [3.63, 3.8) is 0 Å². The van der Waals surface area contributed by atoms with E-state index in [1.807, 2.05) is 56.6 Å². The molecule has 0 aliphatic carbocycles. The molecule has 0 aliphatic heterocycles. The standard InChI is InChI=1S/C21H28N2O2/c1-16(2)17-9-11-20(12-10-17)25-15-21(24)22-13-18-7-5-6-8-19(18)14-23(3)4/h5-12,16H,13-15H2,1-4H3,(H,22,24). The van der Waals surface area contributed by atoms with Crippen molar-refractivity contribution >= 4 is 5.91 Å². The van der Waals surface area contributed by atoms with E-state index in [1.54, 1.807) is 0 Å². The maximum Gasteiger partial charge on any atom is 0.258 e. The van der Waals surface area contributed by atoms with Gasteiger partial charge in [0.2, 0.25) is 0 Å². The zero-order valence-electron chi connectivity index (χ0n) is 15.6. The number of carbonyl (C=O) groups excluding carboxylic acids is 1. The lowest BCUT2D eigenvalue weighted by Crippen LogP contribution is -2.29. The fraction of sp³-hybridized carbons (Fsp3) is 0.381. The van der Waals surface area contributed by atoms with Crippen molar-refractivity contribution < 1.29 is 9.53 Å². The molecule has 1 N–H and O–H groups in total. The van der Waals surface area contributed by atoms with Gasteiger partial charge in [-0.3, -0.25) is 4.79 Å². The fourth-order valence-electron chi connectivity index (χ4n) is 2.57. The largest absolute Gasteiger partial charge is 0.484 e. The van der Waals surface area contributed by atoms with Crippen LogP contribution in [0, 0.1) is 0 Å². The highest BCUT2D eigenvalue weighted by atomic mass is 16.5. The number of nitrogens with zero attached hydrogens (tertiary/aromatic N) is 1. The summed E-state index contributed by atoms with van der Waals surface area (Å²) in [7, 11) is 4.07. The molecular weight excluding hydrogens is 312 g/mol. The summed E-state index contributed by atoms with van der Waals surface area (Å²) in [6.07, 6.45) is 0. The molecule has 0 aromatic heterocycles. The Kier molecular flexibility index (Phi) is 7.02. The van der Waals surface area contributed by atoms with E-state index < -0.39 is 0 Å². The molecule has 2 aromatic carbocycles. The molecule has 1 amide bonds. The second-order valence-corrected chi connectivity index (χ2v) is 6.80. The third kappa shape index (κ3) is 6.24. The minimum atomic E-state index is -0.118. The maximum absolute atomic E-state index is 12.1. The van der Waals surface area contributed by atoms with Crippen LogP contribution in [0.25, 0.3) is 0 Å². The van der Waals surface area contributed by atoms with Crippen molar-refractivity contribution in [1.29, 1.82) is 0 Å². The van der Waals surface area contributed by atoms with Crippen LogP contribution in [-0.2, 0) is 17.9 Å². The topological polar surface area (TPSA) is 41.6 Å². The predicted molar refractivity (Wildman–Crippen MR) is 102 cm³/mol. The number of benzene rings is 2. The van der Waals surface area contributed by atoms with Crippen LogP contribution < -0.4 is 10.1 Å². The lowest BCUT2D eigenvalue weighted by molar-refractivity contribution is -0.123. The molecular formula is C21H28N2O2. The summed E-state index contributed by atoms with van der Waals surface area (Å²) in [4.78, 5) is 14.2. The Hall–Kier alpha value is -2.33. The predicted octanol–water partition coefficient (Wildman–Crippen LogP) is 3.57. The molecule has 134 valence electrons. The van der Waals surface area contributed by atoms with Gasteiger partial charge in [0, 0.05) is 13.1 Å². The highest BCUT2D eigenvalue weighted by Crippen LogP contribution is 2.18. The van der Waals surface area contributed by atoms with Gasteiger partial charge < -0.3 is 15.0 Å². The van der Waals surface area contributed by atoms with E-state index >= 15 is 0 Å². The zero-order chi connectivity index (χ0) is 18.2. The molecule has 0 aliphatic rings. The summed E-state index contributed by atoms with van der Waals surface area (Å²) in [6, 6.07) is 16.1. The van der Waals surface area contributed by atoms with E-state index in [-0.39, 0.29) is 12.5 Å². The maximum atomic E-state index is 12.1. The number of rotatable bonds is 8. The van der Waals surface area contributed by atoms with Gasteiger partial charge in [0.1, 0.15) is 5.75 Å². The summed E-state index contributed by atoms with van der Waals surface area (Å²) in [5.74, 6) is 1.08. The van der Waals surface area contributed by atoms with Crippen LogP contribution in [0.5, 0.6) is 5.75 Å². The van der Waals surface area contributed by atoms with E-state index in [9.17, 15) is 4.79 Å². The Morgan fingerprint density at radius 2 is 1.68 bits per heavy atom. The summed E-state index contributed by atoms with van der Waals surface area (Å²) >= 11 is 0. The van der Waals surface area contributed by atoms with Crippen LogP contribution >= 0.6 is 0 Å². The van der Waals surface area contributed by atoms with Crippen LogP contribution in [-0.4, -0.2) is 31.5 Å². The van der Waals surface area contributed by atoms with Crippen LogP contribution in [0.1, 0.15) is 36.5 Å². The quantitative estimate of drug-likeness (QED) is 0.799. The molecule has 2 aromatic rings. The van der Waals surface area contributed by atoms with Gasteiger partial charge in [0.15, 0.2) is 6.61 Å². The van der Waals surface area contributed by atoms with Gasteiger partial charge in [-0.15, -0.1) is 0 Å². The number of hydrogen-bond donors (Lipinski definition) is 1. The van der Waals surface area contributed by atoms with Crippen molar-refractivity contribution in [3.05, 3.63) is 65.2 Å². The van der Waals surface area contributed by atoms with Crippen molar-refractivity contribution in [2.24, 2.45) is 0 Å². The van der Waals surface area contributed by atoms with E-state index in [1.165, 1.54) is 11.1 Å². The summed E-state index contributed by atoms with van der Waals surface area (Å²) in [5, 5.41) is 2.93. The number of hydrogen-bond acceptors (Lipinski definition) is 3. The first-order valence-electron chi connectivity index (χ1n) is 8.66. The van der Waals surface area contributed by atoms with Gasteiger partial charge >= 0.3 is 0 Å². The molecule has 0 unspecified atom stereocenters. The Labute approximate surface area is 150 Å². The van der Waals surface area contributed by atoms with E-state index in [0.717, 1.165) is 12.1 Å². The first-order valence-corrected chi connectivity index (χ1v) is 8.66. The van der Waals surface area contributed by atoms with Crippen LogP contribution in [0.4, 0.5) is 0 Å². The van der Waals surface area contributed by atoms with Gasteiger partial charge in [-0.25, -0.2) is 0 Å². The summed E-state index contributed by atoms with van der Waals surface area (Å²) < 4.78 is 5.57. The average molecular weight is 340 g/mol. The van der Waals surface area contributed by atoms with E-state index in [0.29, 0.717) is 18.2 Å². The lowest BCUT2D eigenvalue weighted by atomic mass is 10.0. The first-order chi connectivity index (χ1) is 12.0. The summed E-state index contributed by atoms with van der Waals surface area (Å²) in [5.41, 5.74) is 3.61. The van der Waals surface area contributed by atoms with Crippen LogP contribution in [0.3, 0.4) is 0 Å². The molecule has 25 heavy (non-hydrogen) atoms. The average Bonchev–Trinajstić information content (AvgIpc) is 2.59. The molecule has 0 saturated carbocycles. The number of carbonyl (C=O) groups is 1. The fourth-order valence-corrected chi connectivity index (χ4v) is 2.57. The Bertz CT molecular complexity index is 679. The van der Waals surface area contributed by atoms with Crippen molar-refractivity contribution in [2.75, 3.05) is 20.7 Å². The van der Waals surface area contributed by atoms with Gasteiger partial charge in [0.05, 0.1) is 0 Å². The molecule has 0 fully saturated rings. The third-order valence-electron chi connectivity index (χ3n) is 4.00. The molecule has 0 atom stereocenters. The lowest BCUT2D eigenvalue weighted by Gasteiger charge is -2.15. The molecule has 4 heteroatoms. The van der Waals surface area contributed by atoms with Gasteiger partial charge in [-0.1, -0.05) is 50.2 Å². The zero-order valence-corrected chi connectivity index (χ0v) is 15.6. The molecule has 0 radical (unpaired) electrons. The molecule has 0 saturated heterocycles. The van der Waals surface area contributed by atoms with Crippen molar-refractivity contribution in [2.45, 2.75) is 32.9 Å². The monoisotopic (exact) mass is 340 g/mol. The Morgan fingerprint density at radius 3 is 2.28 bits per heavy atom. The highest BCUT2D eigenvalue weighted by molar-refractivity contribution is 5.77. The molecule has 0 bridgehead atoms. The molecule has 0 heterocycles. The molecule has 2 rings (SSSR count). The SMILES string of the molecule is CC(C)c1ccc(OCC(=O)NCc2ccccc2CN(C)C)cc1. The Balaban J connectivity index is 1.83.